The first-order valence-corrected chi connectivity index (χ1v) is 6.16. The molecule has 0 aliphatic carbocycles. The summed E-state index contributed by atoms with van der Waals surface area (Å²) >= 11 is 0. The van der Waals surface area contributed by atoms with E-state index < -0.39 is 17.6 Å². The van der Waals surface area contributed by atoms with Crippen molar-refractivity contribution in [1.82, 2.24) is 5.32 Å². The minimum atomic E-state index is -0.951. The predicted octanol–water partition coefficient (Wildman–Crippen LogP) is 2.56. The second-order valence-corrected chi connectivity index (χ2v) is 4.67. The molecule has 5 nitrogen and oxygen atoms in total. The van der Waals surface area contributed by atoms with Gasteiger partial charge in [0.2, 0.25) is 0 Å². The van der Waals surface area contributed by atoms with E-state index in [1.165, 1.54) is 0 Å². The van der Waals surface area contributed by atoms with E-state index in [0.29, 0.717) is 6.42 Å². The average molecular weight is 265 g/mol. The third kappa shape index (κ3) is 5.42. The molecule has 19 heavy (non-hydrogen) atoms. The number of alkyl carbamates (subject to hydrolysis) is 1. The Labute approximate surface area is 112 Å². The van der Waals surface area contributed by atoms with E-state index in [1.807, 2.05) is 37.3 Å². The highest BCUT2D eigenvalue weighted by Crippen LogP contribution is 2.14. The van der Waals surface area contributed by atoms with Gasteiger partial charge in [-0.3, -0.25) is 4.79 Å². The molecule has 0 saturated heterocycles. The summed E-state index contributed by atoms with van der Waals surface area (Å²) in [4.78, 5) is 22.4. The summed E-state index contributed by atoms with van der Waals surface area (Å²) in [5, 5.41) is 11.4. The van der Waals surface area contributed by atoms with Gasteiger partial charge in [0, 0.05) is 0 Å². The van der Waals surface area contributed by atoms with Gasteiger partial charge in [-0.25, -0.2) is 4.79 Å². The predicted molar refractivity (Wildman–Crippen MR) is 70.7 cm³/mol. The van der Waals surface area contributed by atoms with Crippen molar-refractivity contribution >= 4 is 12.1 Å². The van der Waals surface area contributed by atoms with Crippen molar-refractivity contribution in [2.45, 2.75) is 38.8 Å². The minimum Gasteiger partial charge on any atom is -0.481 e. The van der Waals surface area contributed by atoms with Crippen LogP contribution >= 0.6 is 0 Å². The summed E-state index contributed by atoms with van der Waals surface area (Å²) in [6.07, 6.45) is -0.224. The molecule has 0 saturated carbocycles. The molecule has 0 aliphatic heterocycles. The second-order valence-electron chi connectivity index (χ2n) is 4.67. The van der Waals surface area contributed by atoms with Crippen LogP contribution in [-0.4, -0.2) is 22.7 Å². The highest BCUT2D eigenvalue weighted by molar-refractivity contribution is 5.72. The minimum absolute atomic E-state index is 0.135. The van der Waals surface area contributed by atoms with E-state index in [1.54, 1.807) is 6.92 Å². The molecular weight excluding hydrogens is 246 g/mol. The van der Waals surface area contributed by atoms with Crippen LogP contribution in [0.4, 0.5) is 4.79 Å². The van der Waals surface area contributed by atoms with Crippen molar-refractivity contribution in [3.8, 4) is 0 Å². The highest BCUT2D eigenvalue weighted by atomic mass is 16.5. The number of hydrogen-bond acceptors (Lipinski definition) is 3. The van der Waals surface area contributed by atoms with Gasteiger partial charge < -0.3 is 15.2 Å². The van der Waals surface area contributed by atoms with E-state index in [0.717, 1.165) is 5.56 Å². The molecule has 0 bridgehead atoms. The smallest absolute Gasteiger partial charge is 0.407 e. The van der Waals surface area contributed by atoms with E-state index >= 15 is 0 Å². The normalized spacial score (nSPS) is 13.4. The molecule has 1 atom stereocenters. The number of nitrogens with one attached hydrogen (secondary N) is 1. The number of carboxylic acid groups (broad SMARTS) is 1. The SMILES string of the molecule is CC[C@](C)(CC(=O)O)NC(=O)OCc1ccccc1. The zero-order valence-electron chi connectivity index (χ0n) is 11.2. The van der Waals surface area contributed by atoms with E-state index in [4.69, 9.17) is 9.84 Å². The first-order valence-electron chi connectivity index (χ1n) is 6.16. The Kier molecular flexibility index (Phi) is 5.36. The molecule has 2 N–H and O–H groups in total. The summed E-state index contributed by atoms with van der Waals surface area (Å²) in [7, 11) is 0. The lowest BCUT2D eigenvalue weighted by Gasteiger charge is -2.27. The molecule has 0 spiro atoms. The summed E-state index contributed by atoms with van der Waals surface area (Å²) in [6.45, 7) is 3.67. The fourth-order valence-electron chi connectivity index (χ4n) is 1.60. The Balaban J connectivity index is 2.47. The van der Waals surface area contributed by atoms with E-state index in [2.05, 4.69) is 5.32 Å². The number of ether oxygens (including phenoxy) is 1. The number of hydrogen-bond donors (Lipinski definition) is 2. The molecule has 0 fully saturated rings. The fraction of sp³-hybridized carbons (Fsp3) is 0.429. The molecule has 0 aromatic heterocycles. The average Bonchev–Trinajstić information content (AvgIpc) is 2.36. The Morgan fingerprint density at radius 1 is 1.32 bits per heavy atom. The molecule has 0 aliphatic rings. The lowest BCUT2D eigenvalue weighted by molar-refractivity contribution is -0.138. The number of amides is 1. The van der Waals surface area contributed by atoms with Crippen LogP contribution in [-0.2, 0) is 16.1 Å². The van der Waals surface area contributed by atoms with Gasteiger partial charge in [-0.05, 0) is 18.9 Å². The molecule has 1 rings (SSSR count). The van der Waals surface area contributed by atoms with Crippen molar-refractivity contribution in [2.24, 2.45) is 0 Å². The maximum atomic E-state index is 11.6. The molecule has 104 valence electrons. The van der Waals surface area contributed by atoms with Crippen LogP contribution in [0.25, 0.3) is 0 Å². The van der Waals surface area contributed by atoms with Gasteiger partial charge >= 0.3 is 12.1 Å². The van der Waals surface area contributed by atoms with Crippen LogP contribution in [0.5, 0.6) is 0 Å². The molecule has 1 aromatic carbocycles. The fourth-order valence-corrected chi connectivity index (χ4v) is 1.60. The number of rotatable bonds is 6. The molecule has 1 aromatic rings. The first-order chi connectivity index (χ1) is 8.95. The second kappa shape index (κ2) is 6.78. The Morgan fingerprint density at radius 2 is 1.95 bits per heavy atom. The number of carbonyl (C=O) groups is 2. The summed E-state index contributed by atoms with van der Waals surface area (Å²) in [5.74, 6) is -0.951. The quantitative estimate of drug-likeness (QED) is 0.828. The van der Waals surface area contributed by atoms with Crippen molar-refractivity contribution in [3.63, 3.8) is 0 Å². The maximum Gasteiger partial charge on any atom is 0.407 e. The Morgan fingerprint density at radius 3 is 2.47 bits per heavy atom. The molecule has 0 heterocycles. The van der Waals surface area contributed by atoms with E-state index in [9.17, 15) is 9.59 Å². The van der Waals surface area contributed by atoms with Crippen molar-refractivity contribution in [3.05, 3.63) is 35.9 Å². The maximum absolute atomic E-state index is 11.6. The standard InChI is InChI=1S/C14H19NO4/c1-3-14(2,9-12(16)17)15-13(18)19-10-11-7-5-4-6-8-11/h4-8H,3,9-10H2,1-2H3,(H,15,18)(H,16,17)/t14-/m1/s1. The van der Waals surface area contributed by atoms with Crippen LogP contribution in [0.3, 0.4) is 0 Å². The number of carboxylic acids is 1. The van der Waals surface area contributed by atoms with Gasteiger partial charge in [-0.1, -0.05) is 37.3 Å². The van der Waals surface area contributed by atoms with Gasteiger partial charge in [-0.2, -0.15) is 0 Å². The largest absolute Gasteiger partial charge is 0.481 e. The van der Waals surface area contributed by atoms with Gasteiger partial charge in [0.25, 0.3) is 0 Å². The topological polar surface area (TPSA) is 75.6 Å². The monoisotopic (exact) mass is 265 g/mol. The third-order valence-corrected chi connectivity index (χ3v) is 2.94. The van der Waals surface area contributed by atoms with Gasteiger partial charge in [-0.15, -0.1) is 0 Å². The van der Waals surface area contributed by atoms with Crippen LogP contribution in [0, 0.1) is 0 Å². The zero-order valence-corrected chi connectivity index (χ0v) is 11.2. The van der Waals surface area contributed by atoms with Gasteiger partial charge in [0.1, 0.15) is 6.61 Å². The van der Waals surface area contributed by atoms with Crippen LogP contribution in [0.15, 0.2) is 30.3 Å². The molecule has 0 radical (unpaired) electrons. The molecule has 5 heteroatoms. The first kappa shape index (κ1) is 15.0. The summed E-state index contributed by atoms with van der Waals surface area (Å²) in [5.41, 5.74) is 0.0914. The van der Waals surface area contributed by atoms with E-state index in [-0.39, 0.29) is 13.0 Å². The van der Waals surface area contributed by atoms with Crippen molar-refractivity contribution < 1.29 is 19.4 Å². The number of carbonyl (C=O) groups excluding carboxylic acids is 1. The van der Waals surface area contributed by atoms with Gasteiger partial charge in [0.15, 0.2) is 0 Å². The summed E-state index contributed by atoms with van der Waals surface area (Å²) < 4.78 is 5.06. The third-order valence-electron chi connectivity index (χ3n) is 2.94. The highest BCUT2D eigenvalue weighted by Gasteiger charge is 2.28. The Hall–Kier alpha value is -2.04. The molecule has 1 amide bonds. The summed E-state index contributed by atoms with van der Waals surface area (Å²) in [6, 6.07) is 9.30. The number of aliphatic carboxylic acids is 1. The zero-order chi connectivity index (χ0) is 14.3. The lowest BCUT2D eigenvalue weighted by Crippen LogP contribution is -2.47. The lowest BCUT2D eigenvalue weighted by atomic mass is 9.95. The van der Waals surface area contributed by atoms with Gasteiger partial charge in [0.05, 0.1) is 12.0 Å². The number of benzene rings is 1. The van der Waals surface area contributed by atoms with Crippen molar-refractivity contribution in [2.75, 3.05) is 0 Å². The Bertz CT molecular complexity index is 432. The van der Waals surface area contributed by atoms with Crippen LogP contribution < -0.4 is 5.32 Å². The molecular formula is C14H19NO4. The van der Waals surface area contributed by atoms with Crippen LogP contribution in [0.1, 0.15) is 32.3 Å². The van der Waals surface area contributed by atoms with Crippen molar-refractivity contribution in [1.29, 1.82) is 0 Å². The van der Waals surface area contributed by atoms with Crippen LogP contribution in [0.2, 0.25) is 0 Å². The molecule has 0 unspecified atom stereocenters.